The first-order chi connectivity index (χ1) is 5.97. The van der Waals surface area contributed by atoms with Crippen molar-refractivity contribution in [3.63, 3.8) is 0 Å². The van der Waals surface area contributed by atoms with Crippen LogP contribution in [0, 0.1) is 11.2 Å². The van der Waals surface area contributed by atoms with Gasteiger partial charge in [0.05, 0.1) is 6.20 Å². The molecule has 0 bridgehead atoms. The van der Waals surface area contributed by atoms with Gasteiger partial charge in [-0.05, 0) is 17.0 Å². The first-order valence-corrected chi connectivity index (χ1v) is 4.27. The van der Waals surface area contributed by atoms with E-state index in [1.807, 2.05) is 12.2 Å². The van der Waals surface area contributed by atoms with Crippen LogP contribution in [0.1, 0.15) is 26.3 Å². The molecular weight excluding hydrogens is 165 g/mol. The van der Waals surface area contributed by atoms with E-state index in [9.17, 15) is 4.39 Å². The van der Waals surface area contributed by atoms with Crippen LogP contribution in [-0.2, 0) is 0 Å². The summed E-state index contributed by atoms with van der Waals surface area (Å²) in [6.07, 6.45) is 6.76. The van der Waals surface area contributed by atoms with Gasteiger partial charge in [0.1, 0.15) is 5.82 Å². The van der Waals surface area contributed by atoms with Crippen molar-refractivity contribution in [2.75, 3.05) is 0 Å². The van der Waals surface area contributed by atoms with E-state index in [1.54, 1.807) is 6.20 Å². The normalized spacial score (nSPS) is 12.3. The van der Waals surface area contributed by atoms with Gasteiger partial charge in [0.25, 0.3) is 0 Å². The van der Waals surface area contributed by atoms with Gasteiger partial charge in [-0.1, -0.05) is 32.9 Å². The molecule has 1 nitrogen and oxygen atoms in total. The average Bonchev–Trinajstić information content (AvgIpc) is 2.00. The Balaban J connectivity index is 2.80. The number of allylic oxidation sites excluding steroid dienone is 1. The predicted octanol–water partition coefficient (Wildman–Crippen LogP) is 3.28. The van der Waals surface area contributed by atoms with Gasteiger partial charge in [-0.2, -0.15) is 0 Å². The number of hydrogen-bond acceptors (Lipinski definition) is 1. The summed E-state index contributed by atoms with van der Waals surface area (Å²) < 4.78 is 12.7. The fraction of sp³-hybridized carbons (Fsp3) is 0.364. The molecule has 0 aromatic carbocycles. The maximum Gasteiger partial charge on any atom is 0.142 e. The second-order valence-corrected chi connectivity index (χ2v) is 4.14. The van der Waals surface area contributed by atoms with Crippen molar-refractivity contribution in [1.82, 2.24) is 4.98 Å². The summed E-state index contributed by atoms with van der Waals surface area (Å²) in [5, 5.41) is 0. The van der Waals surface area contributed by atoms with E-state index < -0.39 is 0 Å². The molecule has 0 saturated heterocycles. The van der Waals surface area contributed by atoms with Crippen molar-refractivity contribution in [2.45, 2.75) is 20.8 Å². The standard InChI is InChI=1S/C11H14FN/c1-11(2,3)5-4-9-6-10(12)8-13-7-9/h4-8H,1-3H3/b5-4+. The Morgan fingerprint density at radius 1 is 1.31 bits per heavy atom. The Hall–Kier alpha value is -1.18. The van der Waals surface area contributed by atoms with Gasteiger partial charge in [-0.3, -0.25) is 4.98 Å². The molecule has 0 aliphatic heterocycles. The van der Waals surface area contributed by atoms with Crippen molar-refractivity contribution in [1.29, 1.82) is 0 Å². The Morgan fingerprint density at radius 2 is 2.00 bits per heavy atom. The van der Waals surface area contributed by atoms with Gasteiger partial charge in [0, 0.05) is 6.20 Å². The molecule has 0 radical (unpaired) electrons. The van der Waals surface area contributed by atoms with Crippen LogP contribution >= 0.6 is 0 Å². The Labute approximate surface area is 78.3 Å². The van der Waals surface area contributed by atoms with Gasteiger partial charge in [-0.25, -0.2) is 4.39 Å². The van der Waals surface area contributed by atoms with E-state index >= 15 is 0 Å². The van der Waals surface area contributed by atoms with E-state index in [2.05, 4.69) is 25.8 Å². The second kappa shape index (κ2) is 3.69. The van der Waals surface area contributed by atoms with E-state index in [-0.39, 0.29) is 11.2 Å². The fourth-order valence-corrected chi connectivity index (χ4v) is 0.866. The maximum atomic E-state index is 12.7. The van der Waals surface area contributed by atoms with Crippen LogP contribution in [-0.4, -0.2) is 4.98 Å². The van der Waals surface area contributed by atoms with Crippen molar-refractivity contribution < 1.29 is 4.39 Å². The molecule has 0 spiro atoms. The number of aromatic nitrogens is 1. The minimum absolute atomic E-state index is 0.117. The zero-order valence-electron chi connectivity index (χ0n) is 8.21. The van der Waals surface area contributed by atoms with Crippen molar-refractivity contribution in [3.05, 3.63) is 35.9 Å². The van der Waals surface area contributed by atoms with Crippen LogP contribution in [0.25, 0.3) is 6.08 Å². The van der Waals surface area contributed by atoms with E-state index in [1.165, 1.54) is 12.3 Å². The fourth-order valence-electron chi connectivity index (χ4n) is 0.866. The molecule has 1 rings (SSSR count). The molecule has 0 amide bonds. The summed E-state index contributed by atoms with van der Waals surface area (Å²) in [6, 6.07) is 1.47. The molecule has 13 heavy (non-hydrogen) atoms. The summed E-state index contributed by atoms with van der Waals surface area (Å²) in [5.41, 5.74) is 0.918. The molecular formula is C11H14FN. The smallest absolute Gasteiger partial charge is 0.142 e. The maximum absolute atomic E-state index is 12.7. The van der Waals surface area contributed by atoms with E-state index in [0.29, 0.717) is 0 Å². The molecule has 2 heteroatoms. The third-order valence-electron chi connectivity index (χ3n) is 1.50. The van der Waals surface area contributed by atoms with Crippen LogP contribution in [0.15, 0.2) is 24.5 Å². The SMILES string of the molecule is CC(C)(C)/C=C/c1cncc(F)c1. The third kappa shape index (κ3) is 3.83. The molecule has 70 valence electrons. The number of pyridine rings is 1. The molecule has 1 aromatic heterocycles. The molecule has 0 fully saturated rings. The first-order valence-electron chi connectivity index (χ1n) is 4.27. The number of rotatable bonds is 1. The quantitative estimate of drug-likeness (QED) is 0.644. The molecule has 0 atom stereocenters. The number of halogens is 1. The van der Waals surface area contributed by atoms with Gasteiger partial charge >= 0.3 is 0 Å². The molecule has 1 aromatic rings. The van der Waals surface area contributed by atoms with Crippen LogP contribution in [0.3, 0.4) is 0 Å². The highest BCUT2D eigenvalue weighted by molar-refractivity contribution is 5.48. The highest BCUT2D eigenvalue weighted by Gasteiger charge is 2.03. The lowest BCUT2D eigenvalue weighted by Crippen LogP contribution is -1.98. The zero-order chi connectivity index (χ0) is 9.90. The first kappa shape index (κ1) is 9.90. The average molecular weight is 179 g/mol. The van der Waals surface area contributed by atoms with E-state index in [0.717, 1.165) is 5.56 Å². The molecule has 0 aliphatic carbocycles. The third-order valence-corrected chi connectivity index (χ3v) is 1.50. The van der Waals surface area contributed by atoms with Gasteiger partial charge in [-0.15, -0.1) is 0 Å². The Bertz CT molecular complexity index is 310. The molecule has 0 N–H and O–H groups in total. The summed E-state index contributed by atoms with van der Waals surface area (Å²) in [5.74, 6) is -0.295. The highest BCUT2D eigenvalue weighted by Crippen LogP contribution is 2.16. The number of hydrogen-bond donors (Lipinski definition) is 0. The van der Waals surface area contributed by atoms with Crippen molar-refractivity contribution in [3.8, 4) is 0 Å². The second-order valence-electron chi connectivity index (χ2n) is 4.14. The number of nitrogens with zero attached hydrogens (tertiary/aromatic N) is 1. The minimum atomic E-state index is -0.295. The molecule has 0 saturated carbocycles. The largest absolute Gasteiger partial charge is 0.261 e. The molecule has 1 heterocycles. The summed E-state index contributed by atoms with van der Waals surface area (Å²) in [7, 11) is 0. The Kier molecular flexibility index (Phi) is 2.81. The van der Waals surface area contributed by atoms with Crippen LogP contribution < -0.4 is 0 Å². The predicted molar refractivity (Wildman–Crippen MR) is 52.7 cm³/mol. The lowest BCUT2D eigenvalue weighted by Gasteiger charge is -2.10. The minimum Gasteiger partial charge on any atom is -0.261 e. The monoisotopic (exact) mass is 179 g/mol. The summed E-state index contributed by atoms with van der Waals surface area (Å²) >= 11 is 0. The summed E-state index contributed by atoms with van der Waals surface area (Å²) in [4.78, 5) is 3.76. The van der Waals surface area contributed by atoms with Gasteiger partial charge in [0.2, 0.25) is 0 Å². The van der Waals surface area contributed by atoms with Crippen LogP contribution in [0.2, 0.25) is 0 Å². The lowest BCUT2D eigenvalue weighted by atomic mass is 9.95. The van der Waals surface area contributed by atoms with Crippen LogP contribution in [0.4, 0.5) is 4.39 Å². The Morgan fingerprint density at radius 3 is 2.54 bits per heavy atom. The topological polar surface area (TPSA) is 12.9 Å². The van der Waals surface area contributed by atoms with E-state index in [4.69, 9.17) is 0 Å². The van der Waals surface area contributed by atoms with Gasteiger partial charge in [0.15, 0.2) is 0 Å². The zero-order valence-corrected chi connectivity index (χ0v) is 8.21. The molecule has 0 unspecified atom stereocenters. The lowest BCUT2D eigenvalue weighted by molar-refractivity contribution is 0.547. The molecule has 0 aliphatic rings. The van der Waals surface area contributed by atoms with Crippen LogP contribution in [0.5, 0.6) is 0 Å². The summed E-state index contributed by atoms with van der Waals surface area (Å²) in [6.45, 7) is 6.28. The van der Waals surface area contributed by atoms with Gasteiger partial charge < -0.3 is 0 Å². The highest BCUT2D eigenvalue weighted by atomic mass is 19.1. The van der Waals surface area contributed by atoms with Crippen molar-refractivity contribution >= 4 is 6.08 Å². The van der Waals surface area contributed by atoms with Crippen molar-refractivity contribution in [2.24, 2.45) is 5.41 Å².